The van der Waals surface area contributed by atoms with Crippen LogP contribution in [-0.2, 0) is 35.4 Å². The molecule has 4 aromatic rings. The van der Waals surface area contributed by atoms with Crippen LogP contribution in [-0.4, -0.2) is 56.0 Å². The number of aromatic amines is 2. The molecule has 1 aliphatic carbocycles. The van der Waals surface area contributed by atoms with Gasteiger partial charge < -0.3 is 29.7 Å². The number of carbonyl (C=O) groups is 2. The van der Waals surface area contributed by atoms with Crippen molar-refractivity contribution < 1.29 is 19.1 Å². The predicted molar refractivity (Wildman–Crippen MR) is 182 cm³/mol. The van der Waals surface area contributed by atoms with Crippen LogP contribution in [0, 0.1) is 0 Å². The number of benzene rings is 2. The predicted octanol–water partition coefficient (Wildman–Crippen LogP) is 7.29. The standard InChI is InChI=1S/C37H46N6O4/c1-7-10-11-26(8-2)43(36(44)21(4)39-37(45)46-6)22(5)35-41-30-15-13-23-17-29-27-14-12-24(31-19-38-33(9-3)40-31)16-25(27)20-47-32(29)18-28(23)34(30)42-35/h12,14,16-19,21-22,26H,7-11,13,15,20H2,1-6H3,(H,38,40)(H,39,45)(H,41,42). The number of fused-ring (bicyclic) bond motifs is 6. The highest BCUT2D eigenvalue weighted by Crippen LogP contribution is 2.45. The van der Waals surface area contributed by atoms with Gasteiger partial charge in [-0.15, -0.1) is 0 Å². The third kappa shape index (κ3) is 6.25. The van der Waals surface area contributed by atoms with Crippen LogP contribution in [0.3, 0.4) is 0 Å². The number of carbonyl (C=O) groups excluding carboxylic acids is 2. The van der Waals surface area contributed by atoms with E-state index in [9.17, 15) is 9.59 Å². The van der Waals surface area contributed by atoms with Crippen LogP contribution in [0.4, 0.5) is 4.79 Å². The zero-order valence-corrected chi connectivity index (χ0v) is 28.3. The molecule has 2 aromatic heterocycles. The zero-order valence-electron chi connectivity index (χ0n) is 28.3. The highest BCUT2D eigenvalue weighted by molar-refractivity contribution is 5.86. The number of imidazole rings is 2. The number of nitrogens with one attached hydrogen (secondary N) is 3. The molecular weight excluding hydrogens is 592 g/mol. The number of aryl methyl sites for hydroxylation is 3. The van der Waals surface area contributed by atoms with Crippen LogP contribution in [0.1, 0.15) is 94.8 Å². The summed E-state index contributed by atoms with van der Waals surface area (Å²) in [7, 11) is 1.30. The second-order valence-electron chi connectivity index (χ2n) is 12.7. The van der Waals surface area contributed by atoms with Gasteiger partial charge in [0.1, 0.15) is 30.0 Å². The van der Waals surface area contributed by atoms with Crippen LogP contribution in [0.15, 0.2) is 36.5 Å². The smallest absolute Gasteiger partial charge is 0.407 e. The van der Waals surface area contributed by atoms with Crippen molar-refractivity contribution in [3.8, 4) is 39.4 Å². The van der Waals surface area contributed by atoms with Gasteiger partial charge in [-0.05, 0) is 80.0 Å². The normalized spacial score (nSPS) is 14.9. The molecule has 2 aliphatic rings. The average molecular weight is 639 g/mol. The van der Waals surface area contributed by atoms with Crippen molar-refractivity contribution in [2.75, 3.05) is 7.11 Å². The maximum atomic E-state index is 13.9. The molecular formula is C37H46N6O4. The maximum absolute atomic E-state index is 13.9. The monoisotopic (exact) mass is 638 g/mol. The Bertz CT molecular complexity index is 1770. The number of unbranched alkanes of at least 4 members (excludes halogenated alkanes) is 1. The summed E-state index contributed by atoms with van der Waals surface area (Å²) in [6, 6.07) is 9.90. The van der Waals surface area contributed by atoms with Crippen LogP contribution >= 0.6 is 0 Å². The lowest BCUT2D eigenvalue weighted by Crippen LogP contribution is -2.51. The summed E-state index contributed by atoms with van der Waals surface area (Å²) < 4.78 is 11.1. The Labute approximate surface area is 276 Å². The van der Waals surface area contributed by atoms with Crippen molar-refractivity contribution in [3.05, 3.63) is 65.0 Å². The molecule has 2 amide bonds. The quantitative estimate of drug-likeness (QED) is 0.158. The molecule has 3 atom stereocenters. The largest absolute Gasteiger partial charge is 0.488 e. The number of rotatable bonds is 11. The van der Waals surface area contributed by atoms with Crippen molar-refractivity contribution in [1.82, 2.24) is 30.2 Å². The fourth-order valence-corrected chi connectivity index (χ4v) is 6.98. The minimum atomic E-state index is -0.734. The Morgan fingerprint density at radius 2 is 1.87 bits per heavy atom. The fraction of sp³-hybridized carbons (Fsp3) is 0.459. The van der Waals surface area contributed by atoms with E-state index in [1.54, 1.807) is 6.92 Å². The number of amides is 2. The van der Waals surface area contributed by atoms with E-state index in [1.807, 2.05) is 18.0 Å². The van der Waals surface area contributed by atoms with Gasteiger partial charge in [0.15, 0.2) is 0 Å². The van der Waals surface area contributed by atoms with Gasteiger partial charge in [-0.3, -0.25) is 4.79 Å². The summed E-state index contributed by atoms with van der Waals surface area (Å²) in [5.41, 5.74) is 9.87. The van der Waals surface area contributed by atoms with Crippen molar-refractivity contribution in [1.29, 1.82) is 0 Å². The maximum Gasteiger partial charge on any atom is 0.407 e. The molecule has 47 heavy (non-hydrogen) atoms. The van der Waals surface area contributed by atoms with Gasteiger partial charge in [0.05, 0.1) is 30.7 Å². The summed E-state index contributed by atoms with van der Waals surface area (Å²) in [4.78, 5) is 44.4. The molecule has 0 bridgehead atoms. The van der Waals surface area contributed by atoms with Gasteiger partial charge in [-0.25, -0.2) is 14.8 Å². The molecule has 2 aromatic carbocycles. The Morgan fingerprint density at radius 1 is 1.04 bits per heavy atom. The topological polar surface area (TPSA) is 125 Å². The molecule has 0 saturated carbocycles. The van der Waals surface area contributed by atoms with E-state index in [2.05, 4.69) is 71.4 Å². The molecule has 1 aliphatic heterocycles. The highest BCUT2D eigenvalue weighted by atomic mass is 16.5. The summed E-state index contributed by atoms with van der Waals surface area (Å²) in [5.74, 6) is 2.43. The van der Waals surface area contributed by atoms with Gasteiger partial charge >= 0.3 is 6.09 Å². The molecule has 3 N–H and O–H groups in total. The Morgan fingerprint density at radius 3 is 2.60 bits per heavy atom. The fourth-order valence-electron chi connectivity index (χ4n) is 6.98. The van der Waals surface area contributed by atoms with Gasteiger partial charge in [0.25, 0.3) is 0 Å². The third-order valence-corrected chi connectivity index (χ3v) is 9.67. The van der Waals surface area contributed by atoms with Gasteiger partial charge in [0, 0.05) is 29.3 Å². The molecule has 3 heterocycles. The second kappa shape index (κ2) is 13.6. The Kier molecular flexibility index (Phi) is 9.38. The number of nitrogens with zero attached hydrogens (tertiary/aromatic N) is 3. The molecule has 10 heteroatoms. The number of alkyl carbamates (subject to hydrolysis) is 1. The summed E-state index contributed by atoms with van der Waals surface area (Å²) in [6.07, 6.45) is 7.58. The summed E-state index contributed by atoms with van der Waals surface area (Å²) >= 11 is 0. The first-order valence-corrected chi connectivity index (χ1v) is 17.0. The van der Waals surface area contributed by atoms with E-state index in [0.29, 0.717) is 6.61 Å². The van der Waals surface area contributed by atoms with Gasteiger partial charge in [-0.2, -0.15) is 0 Å². The van der Waals surface area contributed by atoms with Crippen LogP contribution in [0.5, 0.6) is 5.75 Å². The first kappa shape index (κ1) is 32.3. The number of methoxy groups -OCH3 is 1. The number of H-pyrrole nitrogens is 2. The molecule has 6 rings (SSSR count). The summed E-state index contributed by atoms with van der Waals surface area (Å²) in [5, 5.41) is 2.66. The first-order chi connectivity index (χ1) is 22.8. The van der Waals surface area contributed by atoms with Crippen molar-refractivity contribution in [2.24, 2.45) is 0 Å². The van der Waals surface area contributed by atoms with E-state index in [1.165, 1.54) is 18.2 Å². The molecule has 10 nitrogen and oxygen atoms in total. The van der Waals surface area contributed by atoms with Gasteiger partial charge in [-0.1, -0.05) is 45.7 Å². The van der Waals surface area contributed by atoms with Crippen LogP contribution in [0.25, 0.3) is 33.6 Å². The van der Waals surface area contributed by atoms with Crippen molar-refractivity contribution >= 4 is 12.0 Å². The molecule has 0 saturated heterocycles. The molecule has 0 spiro atoms. The van der Waals surface area contributed by atoms with Crippen molar-refractivity contribution in [2.45, 2.75) is 104 Å². The van der Waals surface area contributed by atoms with Crippen LogP contribution in [0.2, 0.25) is 0 Å². The Hall–Kier alpha value is -4.60. The Balaban J connectivity index is 1.31. The molecule has 0 radical (unpaired) electrons. The second-order valence-corrected chi connectivity index (χ2v) is 12.7. The zero-order chi connectivity index (χ0) is 33.2. The minimum absolute atomic E-state index is 0.0109. The molecule has 0 fully saturated rings. The minimum Gasteiger partial charge on any atom is -0.488 e. The lowest BCUT2D eigenvalue weighted by Gasteiger charge is -2.37. The van der Waals surface area contributed by atoms with E-state index in [-0.39, 0.29) is 18.0 Å². The van der Waals surface area contributed by atoms with E-state index >= 15 is 0 Å². The van der Waals surface area contributed by atoms with E-state index in [4.69, 9.17) is 14.5 Å². The average Bonchev–Trinajstić information content (AvgIpc) is 3.76. The van der Waals surface area contributed by atoms with E-state index in [0.717, 1.165) is 102 Å². The van der Waals surface area contributed by atoms with Crippen molar-refractivity contribution in [3.63, 3.8) is 0 Å². The molecule has 3 unspecified atom stereocenters. The number of aromatic nitrogens is 4. The summed E-state index contributed by atoms with van der Waals surface area (Å²) in [6.45, 7) is 10.6. The third-order valence-electron chi connectivity index (χ3n) is 9.67. The number of ether oxygens (including phenoxy) is 2. The first-order valence-electron chi connectivity index (χ1n) is 17.0. The van der Waals surface area contributed by atoms with Gasteiger partial charge in [0.2, 0.25) is 5.91 Å². The highest BCUT2D eigenvalue weighted by Gasteiger charge is 2.35. The number of hydrogen-bond donors (Lipinski definition) is 3. The SMILES string of the molecule is CCCCC(CC)N(C(=O)C(C)NC(=O)OC)C(C)c1nc2c([nH]1)CCc1cc3c(cc1-2)OCc1cc(-c2cnc(CC)[nH]2)ccc1-3. The van der Waals surface area contributed by atoms with Crippen LogP contribution < -0.4 is 10.1 Å². The number of hydrogen-bond acceptors (Lipinski definition) is 6. The van der Waals surface area contributed by atoms with E-state index < -0.39 is 12.1 Å². The lowest BCUT2D eigenvalue weighted by atomic mass is 9.86. The lowest BCUT2D eigenvalue weighted by molar-refractivity contribution is -0.138. The molecule has 248 valence electrons.